The van der Waals surface area contributed by atoms with E-state index in [2.05, 4.69) is 17.0 Å². The maximum Gasteiger partial charge on any atom is 0.151 e. The zero-order chi connectivity index (χ0) is 14.7. The van der Waals surface area contributed by atoms with E-state index in [1.807, 2.05) is 36.4 Å². The number of rotatable bonds is 4. The highest BCUT2D eigenvalue weighted by atomic mass is 16.5. The molecule has 1 aliphatic rings. The predicted octanol–water partition coefficient (Wildman–Crippen LogP) is 2.93. The van der Waals surface area contributed by atoms with Gasteiger partial charge in [0.15, 0.2) is 5.76 Å². The monoisotopic (exact) mass is 286 g/mol. The van der Waals surface area contributed by atoms with Gasteiger partial charge in [-0.2, -0.15) is 0 Å². The first-order valence-corrected chi connectivity index (χ1v) is 7.64. The topological polar surface area (TPSA) is 49.5 Å². The van der Waals surface area contributed by atoms with Crippen molar-refractivity contribution in [2.45, 2.75) is 32.4 Å². The predicted molar refractivity (Wildman–Crippen MR) is 81.6 cm³/mol. The second-order valence-corrected chi connectivity index (χ2v) is 5.88. The summed E-state index contributed by atoms with van der Waals surface area (Å²) in [6, 6.07) is 12.3. The number of nitrogens with zero attached hydrogens (tertiary/aromatic N) is 2. The Balaban J connectivity index is 1.72. The molecule has 2 aromatic rings. The molecule has 1 N–H and O–H groups in total. The van der Waals surface area contributed by atoms with Gasteiger partial charge in [0.1, 0.15) is 5.69 Å². The van der Waals surface area contributed by atoms with Crippen molar-refractivity contribution >= 4 is 0 Å². The molecule has 2 heterocycles. The number of benzene rings is 1. The number of aliphatic hydroxyl groups excluding tert-OH is 1. The Morgan fingerprint density at radius 1 is 1.33 bits per heavy atom. The third kappa shape index (κ3) is 3.17. The fourth-order valence-electron chi connectivity index (χ4n) is 3.16. The Morgan fingerprint density at radius 2 is 2.14 bits per heavy atom. The van der Waals surface area contributed by atoms with Crippen molar-refractivity contribution in [3.8, 4) is 11.3 Å². The number of hydrogen-bond donors (Lipinski definition) is 1. The fourth-order valence-corrected chi connectivity index (χ4v) is 3.16. The summed E-state index contributed by atoms with van der Waals surface area (Å²) in [7, 11) is 0. The molecule has 112 valence electrons. The van der Waals surface area contributed by atoms with E-state index < -0.39 is 0 Å². The molecular formula is C17H22N2O2. The first-order valence-electron chi connectivity index (χ1n) is 7.64. The second kappa shape index (κ2) is 6.41. The molecule has 2 atom stereocenters. The van der Waals surface area contributed by atoms with Crippen LogP contribution in [0.15, 0.2) is 40.9 Å². The van der Waals surface area contributed by atoms with E-state index in [1.54, 1.807) is 0 Å². The Kier molecular flexibility index (Phi) is 4.36. The molecule has 1 aromatic carbocycles. The Hall–Kier alpha value is -1.65. The Morgan fingerprint density at radius 3 is 2.90 bits per heavy atom. The van der Waals surface area contributed by atoms with E-state index in [9.17, 15) is 5.11 Å². The van der Waals surface area contributed by atoms with Crippen LogP contribution in [-0.2, 0) is 6.54 Å². The minimum absolute atomic E-state index is 0.209. The van der Waals surface area contributed by atoms with E-state index in [-0.39, 0.29) is 12.6 Å². The molecule has 0 radical (unpaired) electrons. The molecule has 0 aliphatic carbocycles. The highest BCUT2D eigenvalue weighted by Crippen LogP contribution is 2.26. The summed E-state index contributed by atoms with van der Waals surface area (Å²) in [5.41, 5.74) is 1.94. The Labute approximate surface area is 125 Å². The standard InChI is InChI=1S/C17H22N2O2/c1-13-6-5-9-19(17(13)12-20)11-15-10-16(18-21-15)14-7-3-2-4-8-14/h2-4,7-8,10,13,17,20H,5-6,9,11-12H2,1H3. The maximum absolute atomic E-state index is 9.61. The van der Waals surface area contributed by atoms with Gasteiger partial charge >= 0.3 is 0 Å². The van der Waals surface area contributed by atoms with Gasteiger partial charge in [0.25, 0.3) is 0 Å². The van der Waals surface area contributed by atoms with Gasteiger partial charge in [0.2, 0.25) is 0 Å². The number of hydrogen-bond acceptors (Lipinski definition) is 4. The molecule has 1 fully saturated rings. The first kappa shape index (κ1) is 14.3. The summed E-state index contributed by atoms with van der Waals surface area (Å²) in [6.07, 6.45) is 2.37. The van der Waals surface area contributed by atoms with Crippen LogP contribution in [0.3, 0.4) is 0 Å². The summed E-state index contributed by atoms with van der Waals surface area (Å²) < 4.78 is 5.48. The van der Waals surface area contributed by atoms with Gasteiger partial charge in [-0.25, -0.2) is 0 Å². The summed E-state index contributed by atoms with van der Waals surface area (Å²) >= 11 is 0. The lowest BCUT2D eigenvalue weighted by Crippen LogP contribution is -2.45. The van der Waals surface area contributed by atoms with E-state index >= 15 is 0 Å². The van der Waals surface area contributed by atoms with Crippen LogP contribution in [0.4, 0.5) is 0 Å². The summed E-state index contributed by atoms with van der Waals surface area (Å²) in [6.45, 7) is 4.15. The largest absolute Gasteiger partial charge is 0.395 e. The summed E-state index contributed by atoms with van der Waals surface area (Å²) in [5, 5.41) is 13.8. The van der Waals surface area contributed by atoms with Crippen LogP contribution in [-0.4, -0.2) is 34.4 Å². The van der Waals surface area contributed by atoms with Crippen molar-refractivity contribution in [2.24, 2.45) is 5.92 Å². The number of piperidine rings is 1. The molecule has 1 aliphatic heterocycles. The van der Waals surface area contributed by atoms with Crippen LogP contribution in [0.2, 0.25) is 0 Å². The Bertz CT molecular complexity index is 567. The van der Waals surface area contributed by atoms with Gasteiger partial charge < -0.3 is 9.63 Å². The second-order valence-electron chi connectivity index (χ2n) is 5.88. The van der Waals surface area contributed by atoms with Crippen molar-refractivity contribution < 1.29 is 9.63 Å². The van der Waals surface area contributed by atoms with Crippen LogP contribution in [0, 0.1) is 5.92 Å². The fraction of sp³-hybridized carbons (Fsp3) is 0.471. The van der Waals surface area contributed by atoms with E-state index in [0.29, 0.717) is 5.92 Å². The molecule has 0 amide bonds. The van der Waals surface area contributed by atoms with E-state index in [1.165, 1.54) is 12.8 Å². The van der Waals surface area contributed by atoms with E-state index in [4.69, 9.17) is 4.52 Å². The summed E-state index contributed by atoms with van der Waals surface area (Å²) in [5.74, 6) is 1.39. The average molecular weight is 286 g/mol. The zero-order valence-corrected chi connectivity index (χ0v) is 12.4. The zero-order valence-electron chi connectivity index (χ0n) is 12.4. The lowest BCUT2D eigenvalue weighted by Gasteiger charge is -2.38. The molecule has 4 nitrogen and oxygen atoms in total. The average Bonchev–Trinajstić information content (AvgIpc) is 2.97. The van der Waals surface area contributed by atoms with Gasteiger partial charge in [0.05, 0.1) is 13.2 Å². The quantitative estimate of drug-likeness (QED) is 0.939. The van der Waals surface area contributed by atoms with Gasteiger partial charge in [-0.3, -0.25) is 4.90 Å². The van der Waals surface area contributed by atoms with Crippen molar-refractivity contribution in [2.75, 3.05) is 13.2 Å². The van der Waals surface area contributed by atoms with Gasteiger partial charge in [-0.05, 0) is 25.3 Å². The van der Waals surface area contributed by atoms with Crippen molar-refractivity contribution in [3.05, 3.63) is 42.2 Å². The molecule has 21 heavy (non-hydrogen) atoms. The van der Waals surface area contributed by atoms with Crippen molar-refractivity contribution in [3.63, 3.8) is 0 Å². The van der Waals surface area contributed by atoms with Crippen LogP contribution in [0.25, 0.3) is 11.3 Å². The lowest BCUT2D eigenvalue weighted by molar-refractivity contribution is 0.0412. The third-order valence-corrected chi connectivity index (χ3v) is 4.41. The molecule has 1 aromatic heterocycles. The number of aliphatic hydroxyl groups is 1. The molecule has 2 unspecified atom stereocenters. The SMILES string of the molecule is CC1CCCN(Cc2cc(-c3ccccc3)no2)C1CO. The van der Waals surface area contributed by atoms with Crippen LogP contribution in [0.1, 0.15) is 25.5 Å². The normalized spacial score (nSPS) is 23.3. The molecule has 0 spiro atoms. The molecule has 0 saturated carbocycles. The van der Waals surface area contributed by atoms with Crippen molar-refractivity contribution in [1.29, 1.82) is 0 Å². The van der Waals surface area contributed by atoms with Crippen LogP contribution in [0.5, 0.6) is 0 Å². The first-order chi connectivity index (χ1) is 10.3. The van der Waals surface area contributed by atoms with Crippen LogP contribution >= 0.6 is 0 Å². The van der Waals surface area contributed by atoms with Gasteiger partial charge in [-0.15, -0.1) is 0 Å². The molecule has 3 rings (SSSR count). The maximum atomic E-state index is 9.61. The molecular weight excluding hydrogens is 264 g/mol. The minimum atomic E-state index is 0.209. The highest BCUT2D eigenvalue weighted by molar-refractivity contribution is 5.58. The summed E-state index contributed by atoms with van der Waals surface area (Å²) in [4.78, 5) is 2.31. The van der Waals surface area contributed by atoms with Gasteiger partial charge in [0, 0.05) is 17.7 Å². The smallest absolute Gasteiger partial charge is 0.151 e. The highest BCUT2D eigenvalue weighted by Gasteiger charge is 2.28. The third-order valence-electron chi connectivity index (χ3n) is 4.41. The van der Waals surface area contributed by atoms with E-state index in [0.717, 1.165) is 30.1 Å². The lowest BCUT2D eigenvalue weighted by atomic mass is 9.91. The molecule has 0 bridgehead atoms. The molecule has 4 heteroatoms. The molecule has 1 saturated heterocycles. The number of likely N-dealkylation sites (tertiary alicyclic amines) is 1. The van der Waals surface area contributed by atoms with Gasteiger partial charge in [-0.1, -0.05) is 42.4 Å². The van der Waals surface area contributed by atoms with Crippen LogP contribution < -0.4 is 0 Å². The minimum Gasteiger partial charge on any atom is -0.395 e. The number of aromatic nitrogens is 1. The van der Waals surface area contributed by atoms with Crippen molar-refractivity contribution in [1.82, 2.24) is 10.1 Å².